The van der Waals surface area contributed by atoms with Gasteiger partial charge in [0.25, 0.3) is 0 Å². The SMILES string of the molecule is C=C/C=C(/c1ccc(-c2ccc3c(c2)c2cc(-c4ccc5c(c4)c4ccccc4n5-c4ccccc4)ccc2n3-c2cccc(-c3cccc4c3Cc3ccccc3-4)c2)cc1)c1oc(C=C)c(/C=C\C)c1C. The molecule has 72 heavy (non-hydrogen) atoms. The summed E-state index contributed by atoms with van der Waals surface area (Å²) in [4.78, 5) is 0. The summed E-state index contributed by atoms with van der Waals surface area (Å²) in [7, 11) is 0. The summed E-state index contributed by atoms with van der Waals surface area (Å²) in [6.07, 6.45) is 10.7. The zero-order chi connectivity index (χ0) is 48.5. The predicted octanol–water partition coefficient (Wildman–Crippen LogP) is 18.6. The zero-order valence-electron chi connectivity index (χ0n) is 40.4. The van der Waals surface area contributed by atoms with Gasteiger partial charge in [-0.3, -0.25) is 0 Å². The maximum absolute atomic E-state index is 6.44. The second-order valence-corrected chi connectivity index (χ2v) is 18.9. The van der Waals surface area contributed by atoms with Crippen molar-refractivity contribution in [1.82, 2.24) is 9.13 Å². The van der Waals surface area contributed by atoms with E-state index in [1.807, 2.05) is 25.2 Å². The fraction of sp³-hybridized carbons (Fsp3) is 0.0435. The molecule has 12 aromatic rings. The molecule has 0 aliphatic heterocycles. The van der Waals surface area contributed by atoms with Gasteiger partial charge in [0, 0.05) is 49.6 Å². The molecular formula is C69H50N2O. The van der Waals surface area contributed by atoms with Crippen LogP contribution in [0.1, 0.15) is 46.3 Å². The van der Waals surface area contributed by atoms with Crippen molar-refractivity contribution in [3.05, 3.63) is 271 Å². The first-order chi connectivity index (χ1) is 35.5. The number of rotatable bonds is 10. The maximum Gasteiger partial charge on any atom is 0.138 e. The Hall–Kier alpha value is -9.18. The molecule has 0 fully saturated rings. The van der Waals surface area contributed by atoms with Crippen LogP contribution in [0.2, 0.25) is 0 Å². The number of nitrogens with zero attached hydrogens (tertiary/aromatic N) is 2. The topological polar surface area (TPSA) is 23.0 Å². The monoisotopic (exact) mass is 922 g/mol. The van der Waals surface area contributed by atoms with Gasteiger partial charge < -0.3 is 13.6 Å². The van der Waals surface area contributed by atoms with Crippen LogP contribution in [0, 0.1) is 6.92 Å². The number of hydrogen-bond donors (Lipinski definition) is 0. The third-order valence-corrected chi connectivity index (χ3v) is 14.9. The van der Waals surface area contributed by atoms with E-state index in [1.54, 1.807) is 6.08 Å². The summed E-state index contributed by atoms with van der Waals surface area (Å²) in [6, 6.07) is 73.9. The molecule has 0 unspecified atom stereocenters. The van der Waals surface area contributed by atoms with E-state index in [1.165, 1.54) is 77.1 Å². The van der Waals surface area contributed by atoms with Crippen molar-refractivity contribution in [1.29, 1.82) is 0 Å². The van der Waals surface area contributed by atoms with E-state index in [0.29, 0.717) is 0 Å². The zero-order valence-corrected chi connectivity index (χ0v) is 40.4. The number of hydrogen-bond acceptors (Lipinski definition) is 1. The second kappa shape index (κ2) is 17.3. The Kier molecular flexibility index (Phi) is 10.3. The van der Waals surface area contributed by atoms with Gasteiger partial charge in [-0.05, 0) is 154 Å². The van der Waals surface area contributed by atoms with Crippen molar-refractivity contribution >= 4 is 61.3 Å². The van der Waals surface area contributed by atoms with Crippen molar-refractivity contribution in [3.8, 4) is 55.9 Å². The molecule has 0 saturated heterocycles. The summed E-state index contributed by atoms with van der Waals surface area (Å²) in [5.74, 6) is 1.59. The largest absolute Gasteiger partial charge is 0.456 e. The second-order valence-electron chi connectivity index (χ2n) is 18.9. The lowest BCUT2D eigenvalue weighted by Gasteiger charge is -2.13. The molecule has 3 aromatic heterocycles. The summed E-state index contributed by atoms with van der Waals surface area (Å²) < 4.78 is 11.3. The van der Waals surface area contributed by atoms with Crippen molar-refractivity contribution in [2.75, 3.05) is 0 Å². The quantitative estimate of drug-likeness (QED) is 0.125. The number of fused-ring (bicyclic) bond motifs is 9. The fourth-order valence-corrected chi connectivity index (χ4v) is 11.5. The molecule has 1 aliphatic carbocycles. The third-order valence-electron chi connectivity index (χ3n) is 14.9. The van der Waals surface area contributed by atoms with Gasteiger partial charge in [0.2, 0.25) is 0 Å². The van der Waals surface area contributed by atoms with Gasteiger partial charge in [-0.25, -0.2) is 0 Å². The molecule has 0 atom stereocenters. The molecular weight excluding hydrogens is 873 g/mol. The highest BCUT2D eigenvalue weighted by Gasteiger charge is 2.23. The predicted molar refractivity (Wildman–Crippen MR) is 305 cm³/mol. The van der Waals surface area contributed by atoms with E-state index >= 15 is 0 Å². The first-order valence-electron chi connectivity index (χ1n) is 24.8. The number of furan rings is 1. The molecule has 9 aromatic carbocycles. The van der Waals surface area contributed by atoms with Crippen molar-refractivity contribution in [3.63, 3.8) is 0 Å². The van der Waals surface area contributed by atoms with Crippen molar-refractivity contribution < 1.29 is 4.42 Å². The number of allylic oxidation sites excluding steroid dienone is 3. The molecule has 1 aliphatic rings. The normalized spacial score (nSPS) is 12.4. The average molecular weight is 923 g/mol. The summed E-state index contributed by atoms with van der Waals surface area (Å²) >= 11 is 0. The van der Waals surface area contributed by atoms with Crippen LogP contribution in [0.5, 0.6) is 0 Å². The first-order valence-corrected chi connectivity index (χ1v) is 24.8. The van der Waals surface area contributed by atoms with Crippen LogP contribution in [0.4, 0.5) is 0 Å². The Morgan fingerprint density at radius 3 is 1.78 bits per heavy atom. The Morgan fingerprint density at radius 2 is 1.07 bits per heavy atom. The number of para-hydroxylation sites is 2. The van der Waals surface area contributed by atoms with Gasteiger partial charge in [-0.15, -0.1) is 0 Å². The molecule has 0 amide bonds. The van der Waals surface area contributed by atoms with Gasteiger partial charge in [0.1, 0.15) is 11.5 Å². The van der Waals surface area contributed by atoms with Crippen LogP contribution < -0.4 is 0 Å². The van der Waals surface area contributed by atoms with Crippen LogP contribution in [0.25, 0.3) is 117 Å². The smallest absolute Gasteiger partial charge is 0.138 e. The lowest BCUT2D eigenvalue weighted by Crippen LogP contribution is -1.95. The molecule has 0 spiro atoms. The fourth-order valence-electron chi connectivity index (χ4n) is 11.5. The molecule has 3 heteroatoms. The minimum Gasteiger partial charge on any atom is -0.456 e. The Morgan fingerprint density at radius 1 is 0.500 bits per heavy atom. The van der Waals surface area contributed by atoms with Crippen LogP contribution in [-0.2, 0) is 6.42 Å². The lowest BCUT2D eigenvalue weighted by molar-refractivity contribution is 0.541. The summed E-state index contributed by atoms with van der Waals surface area (Å²) in [5.41, 5.74) is 23.8. The first kappa shape index (κ1) is 42.9. The molecule has 0 bridgehead atoms. The molecule has 3 nitrogen and oxygen atoms in total. The van der Waals surface area contributed by atoms with E-state index in [-0.39, 0.29) is 0 Å². The highest BCUT2D eigenvalue weighted by molar-refractivity contribution is 6.13. The highest BCUT2D eigenvalue weighted by atomic mass is 16.3. The van der Waals surface area contributed by atoms with Crippen molar-refractivity contribution in [2.45, 2.75) is 20.3 Å². The van der Waals surface area contributed by atoms with Crippen LogP contribution >= 0.6 is 0 Å². The molecule has 0 saturated carbocycles. The molecule has 0 radical (unpaired) electrons. The minimum atomic E-state index is 0.764. The lowest BCUT2D eigenvalue weighted by atomic mass is 9.95. The summed E-state index contributed by atoms with van der Waals surface area (Å²) in [6.45, 7) is 12.2. The highest BCUT2D eigenvalue weighted by Crippen LogP contribution is 2.44. The number of aromatic nitrogens is 2. The van der Waals surface area contributed by atoms with Crippen LogP contribution in [0.15, 0.2) is 236 Å². The van der Waals surface area contributed by atoms with Crippen molar-refractivity contribution in [2.24, 2.45) is 0 Å². The van der Waals surface area contributed by atoms with Crippen LogP contribution in [-0.4, -0.2) is 9.13 Å². The summed E-state index contributed by atoms with van der Waals surface area (Å²) in [5, 5.41) is 4.88. The average Bonchev–Trinajstić information content (AvgIpc) is 4.17. The molecule has 342 valence electrons. The van der Waals surface area contributed by atoms with E-state index in [9.17, 15) is 0 Å². The molecule has 0 N–H and O–H groups in total. The van der Waals surface area contributed by atoms with Gasteiger partial charge in [0.05, 0.1) is 22.1 Å². The standard InChI is InChI=1S/C69H50N2O/c1-5-17-54-44(4)69(72-68(54)7-3)57(18-6-2)46-31-29-45(30-32-46)47-33-36-66-62(40-47)63-42-49(48-34-37-65-61(41-48)59-25-13-14-28-64(59)70(65)52-21-9-8-10-22-52)35-38-67(63)71(66)53-23-15-20-50(39-53)56-26-16-27-58-55-24-12-11-19-51(55)43-60(56)58/h5-42H,2-3,43H2,1,4H3/b17-5-,57-18-. The van der Waals surface area contributed by atoms with Crippen LogP contribution in [0.3, 0.4) is 0 Å². The van der Waals surface area contributed by atoms with Gasteiger partial charge in [-0.2, -0.15) is 0 Å². The third kappa shape index (κ3) is 6.88. The van der Waals surface area contributed by atoms with E-state index in [0.717, 1.165) is 73.7 Å². The number of benzene rings is 9. The van der Waals surface area contributed by atoms with Gasteiger partial charge >= 0.3 is 0 Å². The molecule has 13 rings (SSSR count). The maximum atomic E-state index is 6.44. The van der Waals surface area contributed by atoms with E-state index in [2.05, 4.69) is 235 Å². The Bertz CT molecular complexity index is 4220. The Balaban J connectivity index is 0.958. The minimum absolute atomic E-state index is 0.764. The van der Waals surface area contributed by atoms with E-state index in [4.69, 9.17) is 4.42 Å². The Labute approximate surface area is 419 Å². The van der Waals surface area contributed by atoms with E-state index < -0.39 is 0 Å². The van der Waals surface area contributed by atoms with Gasteiger partial charge in [0.15, 0.2) is 0 Å². The van der Waals surface area contributed by atoms with Gasteiger partial charge in [-0.1, -0.05) is 171 Å². The molecule has 3 heterocycles.